The zero-order chi connectivity index (χ0) is 12.4. The van der Waals surface area contributed by atoms with Crippen molar-refractivity contribution in [1.29, 1.82) is 0 Å². The molecule has 0 aliphatic carbocycles. The van der Waals surface area contributed by atoms with Gasteiger partial charge in [-0.1, -0.05) is 11.8 Å². The highest BCUT2D eigenvalue weighted by Gasteiger charge is 2.31. The van der Waals surface area contributed by atoms with Gasteiger partial charge in [0.05, 0.1) is 5.71 Å². The van der Waals surface area contributed by atoms with Gasteiger partial charge in [0.1, 0.15) is 0 Å². The molecule has 0 aromatic carbocycles. The van der Waals surface area contributed by atoms with Crippen molar-refractivity contribution in [3.05, 3.63) is 0 Å². The van der Waals surface area contributed by atoms with Crippen LogP contribution < -0.4 is 0 Å². The number of likely N-dealkylation sites (N-methyl/N-ethyl adjacent to an activating group) is 1. The van der Waals surface area contributed by atoms with E-state index >= 15 is 0 Å². The zero-order valence-corrected chi connectivity index (χ0v) is 11.1. The molecular weight excluding hydrogens is 260 g/mol. The summed E-state index contributed by atoms with van der Waals surface area (Å²) in [5, 5.41) is 14.2. The van der Waals surface area contributed by atoms with Crippen molar-refractivity contribution in [2.75, 3.05) is 13.3 Å². The summed E-state index contributed by atoms with van der Waals surface area (Å²) < 4.78 is 4.05. The van der Waals surface area contributed by atoms with Crippen LogP contribution in [0.4, 0.5) is 5.13 Å². The van der Waals surface area contributed by atoms with Gasteiger partial charge in [-0.05, 0) is 13.2 Å². The number of carbonyl (C=O) groups excluding carboxylic acids is 1. The number of amides is 1. The topological polar surface area (TPSA) is 83.2 Å². The summed E-state index contributed by atoms with van der Waals surface area (Å²) in [5.74, 6) is -0.180. The number of carbonyl (C=O) groups is 1. The van der Waals surface area contributed by atoms with Gasteiger partial charge in [-0.2, -0.15) is 19.6 Å². The van der Waals surface area contributed by atoms with Crippen molar-refractivity contribution in [3.63, 3.8) is 0 Å². The van der Waals surface area contributed by atoms with Gasteiger partial charge in [0.2, 0.25) is 10.3 Å². The molecule has 0 bridgehead atoms. The Morgan fingerprint density at radius 3 is 2.82 bits per heavy atom. The smallest absolute Gasteiger partial charge is 0.270 e. The molecule has 2 rings (SSSR count). The molecule has 0 radical (unpaired) electrons. The fourth-order valence-electron chi connectivity index (χ4n) is 1.26. The van der Waals surface area contributed by atoms with E-state index < -0.39 is 6.04 Å². The van der Waals surface area contributed by atoms with Gasteiger partial charge in [-0.15, -0.1) is 5.11 Å². The van der Waals surface area contributed by atoms with Crippen molar-refractivity contribution >= 4 is 40.0 Å². The lowest BCUT2D eigenvalue weighted by Gasteiger charge is -2.02. The first-order valence-corrected chi connectivity index (χ1v) is 6.73. The van der Waals surface area contributed by atoms with E-state index in [0.29, 0.717) is 16.0 Å². The molecule has 1 aromatic rings. The minimum Gasteiger partial charge on any atom is -0.270 e. The monoisotopic (exact) mass is 270 g/mol. The average molecular weight is 270 g/mol. The van der Waals surface area contributed by atoms with Crippen LogP contribution in [-0.4, -0.2) is 45.3 Å². The Labute approximate surface area is 106 Å². The fourth-order valence-corrected chi connectivity index (χ4v) is 2.32. The quantitative estimate of drug-likeness (QED) is 0.616. The van der Waals surface area contributed by atoms with Crippen molar-refractivity contribution in [3.8, 4) is 0 Å². The van der Waals surface area contributed by atoms with Gasteiger partial charge in [0.15, 0.2) is 6.04 Å². The molecule has 1 amide bonds. The van der Waals surface area contributed by atoms with E-state index in [-0.39, 0.29) is 5.91 Å². The minimum atomic E-state index is -0.623. The van der Waals surface area contributed by atoms with Crippen LogP contribution in [-0.2, 0) is 4.79 Å². The normalized spacial score (nSPS) is 20.4. The van der Waals surface area contributed by atoms with Crippen molar-refractivity contribution < 1.29 is 4.79 Å². The lowest BCUT2D eigenvalue weighted by atomic mass is 10.2. The SMILES string of the molecule is CSc1nsc(/N=N/C2C(=O)N(C)N=C2C)n1. The van der Waals surface area contributed by atoms with E-state index in [1.807, 2.05) is 6.26 Å². The van der Waals surface area contributed by atoms with E-state index in [0.717, 1.165) is 11.5 Å². The number of rotatable bonds is 3. The molecule has 90 valence electrons. The van der Waals surface area contributed by atoms with Crippen LogP contribution in [0.2, 0.25) is 0 Å². The number of nitrogens with zero attached hydrogens (tertiary/aromatic N) is 6. The van der Waals surface area contributed by atoms with Crippen molar-refractivity contribution in [2.24, 2.45) is 15.3 Å². The lowest BCUT2D eigenvalue weighted by molar-refractivity contribution is -0.128. The molecule has 0 N–H and O–H groups in total. The van der Waals surface area contributed by atoms with Gasteiger partial charge in [0, 0.05) is 18.6 Å². The molecule has 1 aliphatic heterocycles. The third-order valence-corrected chi connectivity index (χ3v) is 3.36. The summed E-state index contributed by atoms with van der Waals surface area (Å²) in [6, 6.07) is -0.623. The summed E-state index contributed by atoms with van der Waals surface area (Å²) in [7, 11) is 1.60. The number of aromatic nitrogens is 2. The summed E-state index contributed by atoms with van der Waals surface area (Å²) in [4.78, 5) is 15.7. The maximum absolute atomic E-state index is 11.6. The lowest BCUT2D eigenvalue weighted by Crippen LogP contribution is -2.27. The predicted octanol–water partition coefficient (Wildman–Crippen LogP) is 1.56. The average Bonchev–Trinajstić information content (AvgIpc) is 2.84. The first-order valence-electron chi connectivity index (χ1n) is 4.73. The van der Waals surface area contributed by atoms with Crippen molar-refractivity contribution in [2.45, 2.75) is 18.1 Å². The van der Waals surface area contributed by atoms with Crippen LogP contribution >= 0.6 is 23.3 Å². The van der Waals surface area contributed by atoms with Crippen LogP contribution in [0.1, 0.15) is 6.92 Å². The standard InChI is InChI=1S/C8H10N6OS2/c1-4-5(6(15)14(2)12-4)10-11-7-9-8(16-3)13-17-7/h5H,1-3H3/b11-10+. The van der Waals surface area contributed by atoms with Gasteiger partial charge >= 0.3 is 0 Å². The molecule has 17 heavy (non-hydrogen) atoms. The van der Waals surface area contributed by atoms with Gasteiger partial charge in [0.25, 0.3) is 5.91 Å². The van der Waals surface area contributed by atoms with Crippen LogP contribution in [0.3, 0.4) is 0 Å². The molecule has 2 heterocycles. The van der Waals surface area contributed by atoms with Crippen molar-refractivity contribution in [1.82, 2.24) is 14.4 Å². The van der Waals surface area contributed by atoms with E-state index in [1.165, 1.54) is 16.8 Å². The number of azo groups is 1. The third kappa shape index (κ3) is 2.50. The highest BCUT2D eigenvalue weighted by molar-refractivity contribution is 7.98. The van der Waals surface area contributed by atoms with E-state index in [1.54, 1.807) is 14.0 Å². The van der Waals surface area contributed by atoms with Crippen LogP contribution in [0.5, 0.6) is 0 Å². The van der Waals surface area contributed by atoms with E-state index in [9.17, 15) is 4.79 Å². The molecule has 1 unspecified atom stereocenters. The Morgan fingerprint density at radius 1 is 1.53 bits per heavy atom. The molecule has 0 saturated heterocycles. The molecule has 9 heteroatoms. The summed E-state index contributed by atoms with van der Waals surface area (Å²) in [6.07, 6.45) is 1.88. The number of thioether (sulfide) groups is 1. The van der Waals surface area contributed by atoms with E-state index in [2.05, 4.69) is 24.7 Å². The minimum absolute atomic E-state index is 0.180. The van der Waals surface area contributed by atoms with Crippen LogP contribution in [0.15, 0.2) is 20.5 Å². The third-order valence-electron chi connectivity index (χ3n) is 2.09. The Kier molecular flexibility index (Phi) is 3.48. The second kappa shape index (κ2) is 4.88. The van der Waals surface area contributed by atoms with Gasteiger partial charge in [-0.3, -0.25) is 4.79 Å². The van der Waals surface area contributed by atoms with Crippen LogP contribution in [0.25, 0.3) is 0 Å². The Morgan fingerprint density at radius 2 is 2.29 bits per heavy atom. The van der Waals surface area contributed by atoms with E-state index in [4.69, 9.17) is 0 Å². The molecule has 0 spiro atoms. The zero-order valence-electron chi connectivity index (χ0n) is 9.49. The molecule has 1 aliphatic rings. The molecular formula is C8H10N6OS2. The summed E-state index contributed by atoms with van der Waals surface area (Å²) in [5.41, 5.74) is 0.635. The highest BCUT2D eigenvalue weighted by atomic mass is 32.2. The number of hydrogen-bond acceptors (Lipinski definition) is 8. The first-order chi connectivity index (χ1) is 8.11. The molecule has 7 nitrogen and oxygen atoms in total. The number of hydrogen-bond donors (Lipinski definition) is 0. The Bertz CT molecular complexity index is 496. The Balaban J connectivity index is 2.11. The summed E-state index contributed by atoms with van der Waals surface area (Å²) >= 11 is 2.59. The molecule has 0 saturated carbocycles. The predicted molar refractivity (Wildman–Crippen MR) is 65.9 cm³/mol. The van der Waals surface area contributed by atoms with Gasteiger partial charge < -0.3 is 0 Å². The largest absolute Gasteiger partial charge is 0.275 e. The highest BCUT2D eigenvalue weighted by Crippen LogP contribution is 2.21. The summed E-state index contributed by atoms with van der Waals surface area (Å²) in [6.45, 7) is 1.75. The Hall–Kier alpha value is -1.35. The maximum atomic E-state index is 11.6. The second-order valence-corrected chi connectivity index (χ2v) is 4.79. The first kappa shape index (κ1) is 12.1. The second-order valence-electron chi connectivity index (χ2n) is 3.28. The molecule has 0 fully saturated rings. The van der Waals surface area contributed by atoms with Crippen LogP contribution in [0, 0.1) is 0 Å². The van der Waals surface area contributed by atoms with Gasteiger partial charge in [-0.25, -0.2) is 5.01 Å². The fraction of sp³-hybridized carbons (Fsp3) is 0.500. The molecule has 1 aromatic heterocycles. The number of hydrazone groups is 1. The maximum Gasteiger partial charge on any atom is 0.275 e. The molecule has 1 atom stereocenters.